The highest BCUT2D eigenvalue weighted by Gasteiger charge is 2.15. The van der Waals surface area contributed by atoms with E-state index in [0.717, 1.165) is 11.3 Å². The van der Waals surface area contributed by atoms with Crippen molar-refractivity contribution in [3.63, 3.8) is 0 Å². The molecule has 1 atom stereocenters. The molecule has 0 aliphatic heterocycles. The Balaban J connectivity index is 2.80. The highest BCUT2D eigenvalue weighted by Crippen LogP contribution is 2.23. The van der Waals surface area contributed by atoms with Crippen LogP contribution in [0.3, 0.4) is 0 Å². The van der Waals surface area contributed by atoms with Gasteiger partial charge in [-0.3, -0.25) is 0 Å². The smallest absolute Gasteiger partial charge is 0.122 e. The minimum Gasteiger partial charge on any atom is -0.490 e. The minimum absolute atomic E-state index is 0.0884. The fourth-order valence-corrected chi connectivity index (χ4v) is 1.65. The van der Waals surface area contributed by atoms with Crippen LogP contribution in [0, 0.1) is 19.8 Å². The van der Waals surface area contributed by atoms with Crippen LogP contribution < -0.4 is 4.74 Å². The molecule has 2 nitrogen and oxygen atoms in total. The monoisotopic (exact) mass is 222 g/mol. The first-order chi connectivity index (χ1) is 7.54. The molecule has 1 N–H and O–H groups in total. The maximum absolute atomic E-state index is 9.01. The lowest BCUT2D eigenvalue weighted by atomic mass is 10.0. The van der Waals surface area contributed by atoms with Crippen LogP contribution in [0.1, 0.15) is 31.4 Å². The second kappa shape index (κ2) is 5.90. The number of benzene rings is 1. The van der Waals surface area contributed by atoms with Crippen LogP contribution in [-0.4, -0.2) is 17.8 Å². The van der Waals surface area contributed by atoms with Gasteiger partial charge in [0.25, 0.3) is 0 Å². The first-order valence-corrected chi connectivity index (χ1v) is 5.89. The third-order valence-corrected chi connectivity index (χ3v) is 2.78. The van der Waals surface area contributed by atoms with Gasteiger partial charge in [-0.25, -0.2) is 0 Å². The van der Waals surface area contributed by atoms with Gasteiger partial charge in [0.1, 0.15) is 11.9 Å². The minimum atomic E-state index is 0.0884. The van der Waals surface area contributed by atoms with Crippen molar-refractivity contribution in [2.24, 2.45) is 5.92 Å². The molecule has 2 heteroatoms. The predicted octanol–water partition coefficient (Wildman–Crippen LogP) is 3.09. The lowest BCUT2D eigenvalue weighted by molar-refractivity contribution is 0.114. The van der Waals surface area contributed by atoms with Crippen LogP contribution in [-0.2, 0) is 0 Å². The van der Waals surface area contributed by atoms with Crippen LogP contribution in [0.25, 0.3) is 0 Å². The van der Waals surface area contributed by atoms with Gasteiger partial charge in [0.05, 0.1) is 0 Å². The summed E-state index contributed by atoms with van der Waals surface area (Å²) in [5, 5.41) is 9.01. The summed E-state index contributed by atoms with van der Waals surface area (Å²) in [6, 6.07) is 6.21. The number of hydrogen-bond acceptors (Lipinski definition) is 2. The number of ether oxygens (including phenoxy) is 1. The molecule has 0 aliphatic carbocycles. The third-order valence-electron chi connectivity index (χ3n) is 2.78. The van der Waals surface area contributed by atoms with Gasteiger partial charge < -0.3 is 9.84 Å². The van der Waals surface area contributed by atoms with E-state index >= 15 is 0 Å². The first kappa shape index (κ1) is 13.0. The maximum Gasteiger partial charge on any atom is 0.122 e. The van der Waals surface area contributed by atoms with Crippen molar-refractivity contribution in [3.8, 4) is 5.75 Å². The lowest BCUT2D eigenvalue weighted by Crippen LogP contribution is -2.24. The molecule has 1 rings (SSSR count). The maximum atomic E-state index is 9.01. The van der Waals surface area contributed by atoms with E-state index in [1.807, 2.05) is 6.92 Å². The van der Waals surface area contributed by atoms with E-state index in [4.69, 9.17) is 9.84 Å². The third kappa shape index (κ3) is 3.53. The molecule has 0 fully saturated rings. The number of aryl methyl sites for hydroxylation is 2. The molecule has 0 radical (unpaired) electrons. The highest BCUT2D eigenvalue weighted by atomic mass is 16.5. The number of aliphatic hydroxyl groups excluding tert-OH is 1. The predicted molar refractivity (Wildman–Crippen MR) is 66.9 cm³/mol. The second-order valence-electron chi connectivity index (χ2n) is 4.68. The van der Waals surface area contributed by atoms with E-state index in [1.165, 1.54) is 5.56 Å². The van der Waals surface area contributed by atoms with Crippen LogP contribution in [0.5, 0.6) is 5.75 Å². The molecule has 0 bridgehead atoms. The zero-order valence-electron chi connectivity index (χ0n) is 10.7. The average Bonchev–Trinajstić information content (AvgIpc) is 2.22. The van der Waals surface area contributed by atoms with Crippen LogP contribution in [0.15, 0.2) is 18.2 Å². The Labute approximate surface area is 98.3 Å². The van der Waals surface area contributed by atoms with Gasteiger partial charge in [0, 0.05) is 13.0 Å². The Kier molecular flexibility index (Phi) is 4.81. The topological polar surface area (TPSA) is 29.5 Å². The molecule has 0 spiro atoms. The van der Waals surface area contributed by atoms with Crippen LogP contribution in [0.4, 0.5) is 0 Å². The standard InChI is InChI=1S/C14H22O2/c1-10(2)13(7-8-15)16-14-9-11(3)5-6-12(14)4/h5-6,9-10,13,15H,7-8H2,1-4H3. The van der Waals surface area contributed by atoms with Gasteiger partial charge in [-0.2, -0.15) is 0 Å². The molecule has 0 aliphatic rings. The molecule has 0 heterocycles. The summed E-state index contributed by atoms with van der Waals surface area (Å²) in [5.74, 6) is 1.35. The van der Waals surface area contributed by atoms with Gasteiger partial charge in [0.2, 0.25) is 0 Å². The Hall–Kier alpha value is -1.02. The zero-order valence-corrected chi connectivity index (χ0v) is 10.7. The fourth-order valence-electron chi connectivity index (χ4n) is 1.65. The van der Waals surface area contributed by atoms with Crippen LogP contribution >= 0.6 is 0 Å². The Bertz CT molecular complexity index is 332. The average molecular weight is 222 g/mol. The second-order valence-corrected chi connectivity index (χ2v) is 4.68. The SMILES string of the molecule is Cc1ccc(C)c(OC(CCO)C(C)C)c1. The largest absolute Gasteiger partial charge is 0.490 e. The summed E-state index contributed by atoms with van der Waals surface area (Å²) in [4.78, 5) is 0. The highest BCUT2D eigenvalue weighted by molar-refractivity contribution is 5.36. The summed E-state index contributed by atoms with van der Waals surface area (Å²) in [6.45, 7) is 8.51. The van der Waals surface area contributed by atoms with E-state index in [2.05, 4.69) is 39.0 Å². The Morgan fingerprint density at radius 1 is 1.25 bits per heavy atom. The summed E-state index contributed by atoms with van der Waals surface area (Å²) in [6.07, 6.45) is 0.774. The van der Waals surface area contributed by atoms with Gasteiger partial charge in [-0.1, -0.05) is 26.0 Å². The van der Waals surface area contributed by atoms with Crippen molar-refractivity contribution in [1.82, 2.24) is 0 Å². The van der Waals surface area contributed by atoms with Gasteiger partial charge in [0.15, 0.2) is 0 Å². The van der Waals surface area contributed by atoms with E-state index in [9.17, 15) is 0 Å². The lowest BCUT2D eigenvalue weighted by Gasteiger charge is -2.23. The van der Waals surface area contributed by atoms with Crippen molar-refractivity contribution >= 4 is 0 Å². The summed E-state index contributed by atoms with van der Waals surface area (Å²) in [5.41, 5.74) is 2.35. The van der Waals surface area contributed by atoms with E-state index in [0.29, 0.717) is 12.3 Å². The number of hydrogen-bond donors (Lipinski definition) is 1. The van der Waals surface area contributed by atoms with Gasteiger partial charge >= 0.3 is 0 Å². The molecule has 90 valence electrons. The summed E-state index contributed by atoms with van der Waals surface area (Å²) >= 11 is 0. The Morgan fingerprint density at radius 3 is 2.50 bits per heavy atom. The van der Waals surface area contributed by atoms with Crippen molar-refractivity contribution in [3.05, 3.63) is 29.3 Å². The summed E-state index contributed by atoms with van der Waals surface area (Å²) in [7, 11) is 0. The normalized spacial score (nSPS) is 12.9. The van der Waals surface area contributed by atoms with Crippen molar-refractivity contribution in [2.45, 2.75) is 40.2 Å². The number of aliphatic hydroxyl groups is 1. The molecule has 0 saturated heterocycles. The van der Waals surface area contributed by atoms with Gasteiger partial charge in [-0.05, 0) is 37.0 Å². The van der Waals surface area contributed by atoms with Gasteiger partial charge in [-0.15, -0.1) is 0 Å². The number of rotatable bonds is 5. The van der Waals surface area contributed by atoms with E-state index in [-0.39, 0.29) is 12.7 Å². The Morgan fingerprint density at radius 2 is 1.94 bits per heavy atom. The molecule has 1 aromatic carbocycles. The molecular formula is C14H22O2. The van der Waals surface area contributed by atoms with E-state index < -0.39 is 0 Å². The van der Waals surface area contributed by atoms with Crippen molar-refractivity contribution in [1.29, 1.82) is 0 Å². The molecule has 0 aromatic heterocycles. The van der Waals surface area contributed by atoms with E-state index in [1.54, 1.807) is 0 Å². The molecule has 1 unspecified atom stereocenters. The zero-order chi connectivity index (χ0) is 12.1. The van der Waals surface area contributed by atoms with Crippen LogP contribution in [0.2, 0.25) is 0 Å². The molecule has 0 saturated carbocycles. The quantitative estimate of drug-likeness (QED) is 0.829. The summed E-state index contributed by atoms with van der Waals surface area (Å²) < 4.78 is 5.97. The van der Waals surface area contributed by atoms with Crippen molar-refractivity contribution < 1.29 is 9.84 Å². The molecule has 1 aromatic rings. The molecular weight excluding hydrogens is 200 g/mol. The molecule has 16 heavy (non-hydrogen) atoms. The molecule has 0 amide bonds. The van der Waals surface area contributed by atoms with Crippen molar-refractivity contribution in [2.75, 3.05) is 6.61 Å². The first-order valence-electron chi connectivity index (χ1n) is 5.89. The fraction of sp³-hybridized carbons (Fsp3) is 0.571.